The number of hydrogen-bond acceptors (Lipinski definition) is 4. The summed E-state index contributed by atoms with van der Waals surface area (Å²) in [6.07, 6.45) is 5.27. The maximum absolute atomic E-state index is 13.1. The summed E-state index contributed by atoms with van der Waals surface area (Å²) in [4.78, 5) is 19.8. The number of piperidine rings is 1. The van der Waals surface area contributed by atoms with Gasteiger partial charge >= 0.3 is 0 Å². The van der Waals surface area contributed by atoms with E-state index in [4.69, 9.17) is 5.73 Å². The summed E-state index contributed by atoms with van der Waals surface area (Å²) in [5.41, 5.74) is 7.64. The Kier molecular flexibility index (Phi) is 8.90. The van der Waals surface area contributed by atoms with Crippen LogP contribution in [0.1, 0.15) is 41.2 Å². The molecule has 160 valence electrons. The first-order valence-corrected chi connectivity index (χ1v) is 9.96. The van der Waals surface area contributed by atoms with Crippen LogP contribution in [0, 0.1) is 0 Å². The Morgan fingerprint density at radius 1 is 1.00 bits per heavy atom. The normalized spacial score (nSPS) is 14.4. The molecule has 1 amide bonds. The molecule has 0 bridgehead atoms. The number of carbonyl (C=O) groups excluding carboxylic acids is 1. The Balaban J connectivity index is 0.00000160. The van der Waals surface area contributed by atoms with E-state index in [-0.39, 0.29) is 36.8 Å². The number of aromatic nitrogens is 1. The molecule has 7 heteroatoms. The number of carbonyl (C=O) groups is 1. The molecule has 5 nitrogen and oxygen atoms in total. The standard InChI is InChI=1S/C23H26N4O.2ClH/c24-16-21(19-11-10-17-7-2-3-8-18(17)15-19)26-23(28)20-9-6-12-25-22(20)27-13-4-1-5-14-27;;/h2-3,6-12,15,21H,1,4-5,13-14,16,24H2,(H,26,28);2*1H. The van der Waals surface area contributed by atoms with Gasteiger partial charge in [-0.15, -0.1) is 24.8 Å². The molecule has 0 radical (unpaired) electrons. The van der Waals surface area contributed by atoms with Crippen LogP contribution in [0.4, 0.5) is 5.82 Å². The van der Waals surface area contributed by atoms with E-state index in [2.05, 4.69) is 39.5 Å². The molecule has 1 aromatic heterocycles. The molecule has 1 unspecified atom stereocenters. The lowest BCUT2D eigenvalue weighted by molar-refractivity contribution is 0.0938. The van der Waals surface area contributed by atoms with Gasteiger partial charge in [0, 0.05) is 25.8 Å². The Bertz CT molecular complexity index is 976. The predicted molar refractivity (Wildman–Crippen MR) is 128 cm³/mol. The number of amides is 1. The van der Waals surface area contributed by atoms with Crippen molar-refractivity contribution in [3.05, 3.63) is 71.9 Å². The van der Waals surface area contributed by atoms with Crippen LogP contribution in [0.5, 0.6) is 0 Å². The third-order valence-electron chi connectivity index (χ3n) is 5.40. The summed E-state index contributed by atoms with van der Waals surface area (Å²) in [5, 5.41) is 5.43. The van der Waals surface area contributed by atoms with Gasteiger partial charge in [0.1, 0.15) is 5.82 Å². The first kappa shape index (κ1) is 23.9. The minimum absolute atomic E-state index is 0. The fourth-order valence-electron chi connectivity index (χ4n) is 3.87. The van der Waals surface area contributed by atoms with Gasteiger partial charge in [0.2, 0.25) is 0 Å². The molecule has 1 aliphatic heterocycles. The summed E-state index contributed by atoms with van der Waals surface area (Å²) >= 11 is 0. The zero-order valence-electron chi connectivity index (χ0n) is 16.8. The molecule has 3 N–H and O–H groups in total. The van der Waals surface area contributed by atoms with Crippen LogP contribution >= 0.6 is 24.8 Å². The smallest absolute Gasteiger partial charge is 0.255 e. The Hall–Kier alpha value is -2.34. The predicted octanol–water partition coefficient (Wildman–Crippen LogP) is 4.50. The topological polar surface area (TPSA) is 71.2 Å². The van der Waals surface area contributed by atoms with Crippen molar-refractivity contribution >= 4 is 47.3 Å². The summed E-state index contributed by atoms with van der Waals surface area (Å²) in [6.45, 7) is 2.23. The van der Waals surface area contributed by atoms with Crippen LogP contribution in [0.3, 0.4) is 0 Å². The van der Waals surface area contributed by atoms with Crippen molar-refractivity contribution in [3.8, 4) is 0 Å². The van der Waals surface area contributed by atoms with Crippen molar-refractivity contribution in [1.82, 2.24) is 10.3 Å². The van der Waals surface area contributed by atoms with Gasteiger partial charge in [-0.05, 0) is 53.8 Å². The molecule has 0 aliphatic carbocycles. The highest BCUT2D eigenvalue weighted by Crippen LogP contribution is 2.24. The molecule has 0 saturated carbocycles. The van der Waals surface area contributed by atoms with Gasteiger partial charge in [0.25, 0.3) is 5.91 Å². The first-order chi connectivity index (χ1) is 13.8. The molecule has 1 saturated heterocycles. The van der Waals surface area contributed by atoms with Gasteiger partial charge in [0.05, 0.1) is 11.6 Å². The monoisotopic (exact) mass is 446 g/mol. The van der Waals surface area contributed by atoms with Gasteiger partial charge in [0.15, 0.2) is 0 Å². The molecule has 4 rings (SSSR count). The van der Waals surface area contributed by atoms with E-state index in [9.17, 15) is 4.79 Å². The fraction of sp³-hybridized carbons (Fsp3) is 0.304. The molecular weight excluding hydrogens is 419 g/mol. The minimum Gasteiger partial charge on any atom is -0.356 e. The summed E-state index contributed by atoms with van der Waals surface area (Å²) in [5.74, 6) is 0.645. The van der Waals surface area contributed by atoms with Crippen LogP contribution < -0.4 is 16.0 Å². The molecule has 2 aromatic carbocycles. The van der Waals surface area contributed by atoms with Crippen molar-refractivity contribution in [3.63, 3.8) is 0 Å². The number of anilines is 1. The van der Waals surface area contributed by atoms with Crippen LogP contribution in [0.2, 0.25) is 0 Å². The van der Waals surface area contributed by atoms with Gasteiger partial charge in [-0.2, -0.15) is 0 Å². The van der Waals surface area contributed by atoms with E-state index in [1.165, 1.54) is 11.8 Å². The van der Waals surface area contributed by atoms with E-state index < -0.39 is 0 Å². The van der Waals surface area contributed by atoms with Crippen molar-refractivity contribution in [1.29, 1.82) is 0 Å². The number of nitrogens with one attached hydrogen (secondary N) is 1. The summed E-state index contributed by atoms with van der Waals surface area (Å²) in [7, 11) is 0. The second-order valence-corrected chi connectivity index (χ2v) is 7.29. The maximum Gasteiger partial charge on any atom is 0.255 e. The number of pyridine rings is 1. The Morgan fingerprint density at radius 2 is 1.73 bits per heavy atom. The van der Waals surface area contributed by atoms with Crippen LogP contribution in [-0.2, 0) is 0 Å². The van der Waals surface area contributed by atoms with E-state index in [0.29, 0.717) is 12.1 Å². The number of rotatable bonds is 5. The number of fused-ring (bicyclic) bond motifs is 1. The lowest BCUT2D eigenvalue weighted by Crippen LogP contribution is -2.36. The lowest BCUT2D eigenvalue weighted by Gasteiger charge is -2.29. The fourth-order valence-corrected chi connectivity index (χ4v) is 3.87. The highest BCUT2D eigenvalue weighted by Gasteiger charge is 2.22. The molecule has 0 spiro atoms. The van der Waals surface area contributed by atoms with Gasteiger partial charge < -0.3 is 16.0 Å². The van der Waals surface area contributed by atoms with E-state index >= 15 is 0 Å². The largest absolute Gasteiger partial charge is 0.356 e. The Labute approximate surface area is 189 Å². The highest BCUT2D eigenvalue weighted by atomic mass is 35.5. The maximum atomic E-state index is 13.1. The quantitative estimate of drug-likeness (QED) is 0.604. The van der Waals surface area contributed by atoms with Gasteiger partial charge in [-0.1, -0.05) is 36.4 Å². The van der Waals surface area contributed by atoms with Crippen molar-refractivity contribution < 1.29 is 4.79 Å². The van der Waals surface area contributed by atoms with Crippen LogP contribution in [0.15, 0.2) is 60.8 Å². The number of nitrogens with zero attached hydrogens (tertiary/aromatic N) is 2. The van der Waals surface area contributed by atoms with Crippen LogP contribution in [-0.4, -0.2) is 30.5 Å². The van der Waals surface area contributed by atoms with E-state index in [1.54, 1.807) is 6.20 Å². The third-order valence-corrected chi connectivity index (χ3v) is 5.40. The van der Waals surface area contributed by atoms with Crippen molar-refractivity contribution in [2.45, 2.75) is 25.3 Å². The molecule has 1 atom stereocenters. The van der Waals surface area contributed by atoms with Crippen LogP contribution in [0.25, 0.3) is 10.8 Å². The average Bonchev–Trinajstić information content (AvgIpc) is 2.77. The third kappa shape index (κ3) is 5.22. The van der Waals surface area contributed by atoms with Gasteiger partial charge in [-0.25, -0.2) is 4.98 Å². The van der Waals surface area contributed by atoms with E-state index in [0.717, 1.165) is 42.7 Å². The Morgan fingerprint density at radius 3 is 2.47 bits per heavy atom. The number of halogens is 2. The average molecular weight is 447 g/mol. The minimum atomic E-state index is -0.244. The lowest BCUT2D eigenvalue weighted by atomic mass is 10.0. The molecule has 30 heavy (non-hydrogen) atoms. The number of nitrogens with two attached hydrogens (primary N) is 1. The zero-order chi connectivity index (χ0) is 19.3. The van der Waals surface area contributed by atoms with Gasteiger partial charge in [-0.3, -0.25) is 4.79 Å². The number of benzene rings is 2. The number of hydrogen-bond donors (Lipinski definition) is 2. The highest BCUT2D eigenvalue weighted by molar-refractivity contribution is 5.99. The first-order valence-electron chi connectivity index (χ1n) is 9.96. The molecule has 1 fully saturated rings. The molecule has 2 heterocycles. The molecular formula is C23H28Cl2N4O. The second kappa shape index (κ2) is 11.2. The molecule has 3 aromatic rings. The summed E-state index contributed by atoms with van der Waals surface area (Å²) in [6, 6.07) is 17.8. The SMILES string of the molecule is Cl.Cl.NCC(NC(=O)c1cccnc1N1CCCCC1)c1ccc2ccccc2c1. The van der Waals surface area contributed by atoms with E-state index in [1.807, 2.05) is 30.3 Å². The zero-order valence-corrected chi connectivity index (χ0v) is 18.4. The summed E-state index contributed by atoms with van der Waals surface area (Å²) < 4.78 is 0. The molecule has 1 aliphatic rings. The second-order valence-electron chi connectivity index (χ2n) is 7.29. The van der Waals surface area contributed by atoms with Crippen molar-refractivity contribution in [2.75, 3.05) is 24.5 Å². The van der Waals surface area contributed by atoms with Crippen molar-refractivity contribution in [2.24, 2.45) is 5.73 Å².